The van der Waals surface area contributed by atoms with Crippen molar-refractivity contribution in [2.75, 3.05) is 12.5 Å². The Kier molecular flexibility index (Phi) is 14.3. The summed E-state index contributed by atoms with van der Waals surface area (Å²) in [4.78, 5) is 14.5. The van der Waals surface area contributed by atoms with Gasteiger partial charge in [0.05, 0.1) is 12.5 Å². The number of benzene rings is 2. The number of ether oxygens (including phenoxy) is 1. The molecular weight excluding hydrogens is 601 g/mol. The lowest BCUT2D eigenvalue weighted by molar-refractivity contribution is 0.281. The van der Waals surface area contributed by atoms with Gasteiger partial charge in [0.15, 0.2) is 0 Å². The summed E-state index contributed by atoms with van der Waals surface area (Å²) in [5.74, 6) is 2.33. The molecule has 0 saturated heterocycles. The predicted octanol–water partition coefficient (Wildman–Crippen LogP) is 11.5. The van der Waals surface area contributed by atoms with E-state index in [0.717, 1.165) is 41.2 Å². The topological polar surface area (TPSA) is 68.2 Å². The molecule has 45 heavy (non-hydrogen) atoms. The summed E-state index contributed by atoms with van der Waals surface area (Å²) in [6, 6.07) is 11.2. The van der Waals surface area contributed by atoms with Crippen LogP contribution in [0.1, 0.15) is 136 Å². The lowest BCUT2D eigenvalue weighted by Gasteiger charge is -2.29. The molecule has 3 rings (SSSR count). The second kappa shape index (κ2) is 17.2. The molecule has 6 nitrogen and oxygen atoms in total. The van der Waals surface area contributed by atoms with Gasteiger partial charge in [-0.3, -0.25) is 4.89 Å². The lowest BCUT2D eigenvalue weighted by atomic mass is 9.81. The molecule has 0 aromatic heterocycles. The van der Waals surface area contributed by atoms with Gasteiger partial charge in [-0.1, -0.05) is 124 Å². The van der Waals surface area contributed by atoms with Gasteiger partial charge in [0.25, 0.3) is 0 Å². The summed E-state index contributed by atoms with van der Waals surface area (Å²) in [5.41, 5.74) is 1.93. The Morgan fingerprint density at radius 1 is 0.800 bits per heavy atom. The minimum Gasteiger partial charge on any atom is -0.493 e. The second-order valence-corrected chi connectivity index (χ2v) is 16.9. The molecule has 0 aliphatic carbocycles. The van der Waals surface area contributed by atoms with E-state index in [-0.39, 0.29) is 10.8 Å². The number of rotatable bonds is 18. The smallest absolute Gasteiger partial charge is 0.493 e. The summed E-state index contributed by atoms with van der Waals surface area (Å²) >= 11 is 1.77. The molecule has 0 saturated carbocycles. The van der Waals surface area contributed by atoms with Crippen molar-refractivity contribution in [1.82, 2.24) is 4.90 Å². The third-order valence-electron chi connectivity index (χ3n) is 8.05. The van der Waals surface area contributed by atoms with Crippen LogP contribution in [0.15, 0.2) is 47.5 Å². The quantitative estimate of drug-likeness (QED) is 0.126. The van der Waals surface area contributed by atoms with E-state index < -0.39 is 7.82 Å². The van der Waals surface area contributed by atoms with Crippen molar-refractivity contribution in [3.8, 4) is 17.2 Å². The fourth-order valence-corrected chi connectivity index (χ4v) is 7.14. The van der Waals surface area contributed by atoms with Gasteiger partial charge in [-0.25, -0.2) is 4.57 Å². The number of allylic oxidation sites excluding steroid dienone is 1. The van der Waals surface area contributed by atoms with Gasteiger partial charge in [-0.05, 0) is 47.3 Å². The highest BCUT2D eigenvalue weighted by Crippen LogP contribution is 2.50. The van der Waals surface area contributed by atoms with E-state index in [1.807, 2.05) is 24.3 Å². The number of nitrogens with zero attached hydrogens (tertiary/aromatic N) is 1. The third-order valence-corrected chi connectivity index (χ3v) is 9.93. The van der Waals surface area contributed by atoms with Crippen LogP contribution < -0.4 is 13.8 Å². The molecule has 0 spiro atoms. The molecule has 8 heteroatoms. The van der Waals surface area contributed by atoms with Crippen molar-refractivity contribution in [1.29, 1.82) is 0 Å². The van der Waals surface area contributed by atoms with Crippen molar-refractivity contribution < 1.29 is 23.2 Å². The van der Waals surface area contributed by atoms with Gasteiger partial charge >= 0.3 is 7.82 Å². The highest BCUT2D eigenvalue weighted by Gasteiger charge is 2.33. The molecule has 1 unspecified atom stereocenters. The van der Waals surface area contributed by atoms with E-state index in [0.29, 0.717) is 24.7 Å². The second-order valence-electron chi connectivity index (χ2n) is 14.4. The Morgan fingerprint density at radius 3 is 1.91 bits per heavy atom. The van der Waals surface area contributed by atoms with E-state index in [1.54, 1.807) is 23.9 Å². The highest BCUT2D eigenvalue weighted by atomic mass is 32.2. The van der Waals surface area contributed by atoms with Crippen molar-refractivity contribution in [3.05, 3.63) is 64.2 Å². The van der Waals surface area contributed by atoms with E-state index in [2.05, 4.69) is 66.5 Å². The van der Waals surface area contributed by atoms with Crippen LogP contribution in [-0.2, 0) is 21.9 Å². The van der Waals surface area contributed by atoms with Crippen LogP contribution >= 0.6 is 19.6 Å². The van der Waals surface area contributed by atoms with Gasteiger partial charge < -0.3 is 18.7 Å². The number of phosphoric acid groups is 1. The summed E-state index contributed by atoms with van der Waals surface area (Å²) in [6.45, 7) is 18.1. The fraction of sp³-hybridized carbons (Fsp3) is 0.622. The number of para-hydroxylation sites is 1. The van der Waals surface area contributed by atoms with E-state index in [9.17, 15) is 9.46 Å². The molecule has 1 aliphatic rings. The van der Waals surface area contributed by atoms with Crippen molar-refractivity contribution in [2.45, 2.75) is 137 Å². The van der Waals surface area contributed by atoms with Crippen LogP contribution in [0, 0.1) is 0 Å². The number of phosphoric ester groups is 1. The van der Waals surface area contributed by atoms with Crippen molar-refractivity contribution in [3.63, 3.8) is 0 Å². The molecule has 2 aromatic carbocycles. The number of hydrogen-bond acceptors (Lipinski definition) is 6. The average molecular weight is 660 g/mol. The summed E-state index contributed by atoms with van der Waals surface area (Å²) < 4.78 is 31.6. The lowest BCUT2D eigenvalue weighted by Crippen LogP contribution is -2.19. The van der Waals surface area contributed by atoms with Crippen LogP contribution in [0.5, 0.6) is 17.2 Å². The molecular formula is C37H58NO5PS. The molecule has 1 atom stereocenters. The van der Waals surface area contributed by atoms with Gasteiger partial charge in [0.2, 0.25) is 0 Å². The SMILES string of the molecule is CCCCCCCCCCCCOc1cc(C(C)(C)C)c(OP(=O)(O)Oc2ccccc2CN2C=C(C)SC2)cc1C(C)(C)C. The molecule has 1 heterocycles. The number of unbranched alkanes of at least 4 members (excludes halogenated alkanes) is 9. The Bertz CT molecular complexity index is 1300. The Labute approximate surface area is 277 Å². The van der Waals surface area contributed by atoms with Gasteiger partial charge in [-0.2, -0.15) is 0 Å². The van der Waals surface area contributed by atoms with Gasteiger partial charge in [0, 0.05) is 29.4 Å². The first-order valence-electron chi connectivity index (χ1n) is 16.9. The Morgan fingerprint density at radius 2 is 1.33 bits per heavy atom. The summed E-state index contributed by atoms with van der Waals surface area (Å²) in [6.07, 6.45) is 14.9. The van der Waals surface area contributed by atoms with E-state index >= 15 is 0 Å². The predicted molar refractivity (Wildman–Crippen MR) is 190 cm³/mol. The number of thioether (sulfide) groups is 1. The average Bonchev–Trinajstić information content (AvgIpc) is 3.36. The Hall–Kier alpha value is -2.08. The van der Waals surface area contributed by atoms with Crippen LogP contribution in [0.4, 0.5) is 0 Å². The van der Waals surface area contributed by atoms with Gasteiger partial charge in [0.1, 0.15) is 17.2 Å². The molecule has 0 fully saturated rings. The van der Waals surface area contributed by atoms with Crippen LogP contribution in [0.3, 0.4) is 0 Å². The zero-order valence-electron chi connectivity index (χ0n) is 29.1. The normalized spacial score (nSPS) is 15.1. The highest BCUT2D eigenvalue weighted by molar-refractivity contribution is 8.03. The first kappa shape index (κ1) is 37.4. The molecule has 0 amide bonds. The fourth-order valence-electron chi connectivity index (χ4n) is 5.52. The van der Waals surface area contributed by atoms with Crippen LogP contribution in [0.25, 0.3) is 0 Å². The largest absolute Gasteiger partial charge is 0.584 e. The minimum atomic E-state index is -4.53. The number of hydrogen-bond donors (Lipinski definition) is 1. The van der Waals surface area contributed by atoms with E-state index in [1.165, 1.54) is 56.3 Å². The zero-order valence-corrected chi connectivity index (χ0v) is 30.8. The van der Waals surface area contributed by atoms with Crippen LogP contribution in [0.2, 0.25) is 0 Å². The molecule has 0 bridgehead atoms. The zero-order chi connectivity index (χ0) is 33.1. The maximum atomic E-state index is 13.6. The molecule has 252 valence electrons. The van der Waals surface area contributed by atoms with Crippen molar-refractivity contribution >= 4 is 19.6 Å². The summed E-state index contributed by atoms with van der Waals surface area (Å²) in [7, 11) is -4.53. The molecule has 1 aliphatic heterocycles. The van der Waals surface area contributed by atoms with E-state index in [4.69, 9.17) is 13.8 Å². The standard InChI is InChI=1S/C37H58NO5PS/c1-9-10-11-12-13-14-15-16-17-20-23-41-34-24-32(37(6,7)8)35(25-31(34)36(3,4)5)43-44(39,40)42-33-22-19-18-21-30(33)27-38-26-29(2)45-28-38/h18-19,21-22,24-26H,9-17,20,23,27-28H2,1-8H3,(H,39,40). The van der Waals surface area contributed by atoms with Crippen LogP contribution in [-0.4, -0.2) is 22.3 Å². The first-order valence-corrected chi connectivity index (χ1v) is 19.3. The maximum absolute atomic E-state index is 13.6. The molecule has 0 radical (unpaired) electrons. The monoisotopic (exact) mass is 659 g/mol. The van der Waals surface area contributed by atoms with Crippen molar-refractivity contribution in [2.24, 2.45) is 0 Å². The maximum Gasteiger partial charge on any atom is 0.584 e. The minimum absolute atomic E-state index is 0.270. The van der Waals surface area contributed by atoms with Gasteiger partial charge in [-0.15, -0.1) is 11.8 Å². The summed E-state index contributed by atoms with van der Waals surface area (Å²) in [5, 5.41) is 0. The Balaban J connectivity index is 1.71. The molecule has 2 aromatic rings. The third kappa shape index (κ3) is 12.6. The molecule has 1 N–H and O–H groups in total. The first-order chi connectivity index (χ1) is 21.2.